The summed E-state index contributed by atoms with van der Waals surface area (Å²) < 4.78 is 33.2. The van der Waals surface area contributed by atoms with E-state index in [9.17, 15) is 13.2 Å². The van der Waals surface area contributed by atoms with Crippen LogP contribution in [0, 0.1) is 0 Å². The van der Waals surface area contributed by atoms with Crippen molar-refractivity contribution >= 4 is 43.2 Å². The Labute approximate surface area is 186 Å². The summed E-state index contributed by atoms with van der Waals surface area (Å²) in [4.78, 5) is 12.9. The predicted octanol–water partition coefficient (Wildman–Crippen LogP) is 5.82. The van der Waals surface area contributed by atoms with Crippen LogP contribution in [0.1, 0.15) is 16.1 Å². The Morgan fingerprint density at radius 2 is 1.53 bits per heavy atom. The minimum Gasteiger partial charge on any atom is -0.354 e. The fraction of sp³-hybridized carbons (Fsp3) is 0. The molecule has 0 aliphatic heterocycles. The lowest BCUT2D eigenvalue weighted by molar-refractivity contribution is 0.102. The average Bonchev–Trinajstić information content (AvgIpc) is 3.21. The van der Waals surface area contributed by atoms with Gasteiger partial charge in [-0.2, -0.15) is 0 Å². The average molecular weight is 503 g/mol. The molecule has 0 spiro atoms. The van der Waals surface area contributed by atoms with Crippen molar-refractivity contribution in [3.8, 4) is 11.3 Å². The third-order valence-electron chi connectivity index (χ3n) is 4.40. The summed E-state index contributed by atoms with van der Waals surface area (Å²) in [5.74, 6) is -0.572. The molecule has 5 nitrogen and oxygen atoms in total. The van der Waals surface area contributed by atoms with Gasteiger partial charge in [0.15, 0.2) is 16.3 Å². The Morgan fingerprint density at radius 3 is 2.17 bits per heavy atom. The summed E-state index contributed by atoms with van der Waals surface area (Å²) in [6.07, 6.45) is 0. The minimum atomic E-state index is -4.09. The normalized spacial score (nSPS) is 11.4. The van der Waals surface area contributed by atoms with Crippen LogP contribution in [0.2, 0.25) is 5.02 Å². The maximum atomic E-state index is 13.5. The van der Waals surface area contributed by atoms with E-state index < -0.39 is 15.6 Å². The van der Waals surface area contributed by atoms with Crippen LogP contribution < -0.4 is 0 Å². The van der Waals surface area contributed by atoms with Gasteiger partial charge < -0.3 is 4.52 Å². The summed E-state index contributed by atoms with van der Waals surface area (Å²) in [5.41, 5.74) is 0.453. The summed E-state index contributed by atoms with van der Waals surface area (Å²) in [7, 11) is -4.09. The Morgan fingerprint density at radius 1 is 0.900 bits per heavy atom. The second-order valence-corrected chi connectivity index (χ2v) is 9.59. The van der Waals surface area contributed by atoms with E-state index in [-0.39, 0.29) is 26.8 Å². The molecule has 1 aromatic heterocycles. The van der Waals surface area contributed by atoms with Crippen LogP contribution in [-0.2, 0) is 9.84 Å². The lowest BCUT2D eigenvalue weighted by Crippen LogP contribution is -2.11. The standard InChI is InChI=1S/C22H13BrClNO4S/c23-16-10-6-15(7-11-16)21-22(30(27,28)18-4-2-1-3-5-18)19(25-29-21)20(26)14-8-12-17(24)13-9-14/h1-13H. The number of carbonyl (C=O) groups is 1. The number of ketones is 1. The Bertz CT molecular complexity index is 1320. The number of hydrogen-bond donors (Lipinski definition) is 0. The van der Waals surface area contributed by atoms with Crippen molar-refractivity contribution in [3.05, 3.63) is 99.6 Å². The third-order valence-corrected chi connectivity index (χ3v) is 6.99. The smallest absolute Gasteiger partial charge is 0.216 e. The van der Waals surface area contributed by atoms with Crippen LogP contribution >= 0.6 is 27.5 Å². The molecule has 30 heavy (non-hydrogen) atoms. The van der Waals surface area contributed by atoms with Gasteiger partial charge in [0.2, 0.25) is 15.6 Å². The highest BCUT2D eigenvalue weighted by molar-refractivity contribution is 9.10. The highest BCUT2D eigenvalue weighted by Crippen LogP contribution is 2.35. The van der Waals surface area contributed by atoms with Crippen LogP contribution in [0.3, 0.4) is 0 Å². The van der Waals surface area contributed by atoms with Crippen molar-refractivity contribution in [2.75, 3.05) is 0 Å². The van der Waals surface area contributed by atoms with Crippen molar-refractivity contribution in [2.24, 2.45) is 0 Å². The molecule has 4 rings (SSSR count). The van der Waals surface area contributed by atoms with E-state index in [1.807, 2.05) is 0 Å². The van der Waals surface area contributed by atoms with Gasteiger partial charge in [-0.15, -0.1) is 0 Å². The van der Waals surface area contributed by atoms with Crippen molar-refractivity contribution in [1.82, 2.24) is 5.16 Å². The zero-order valence-corrected chi connectivity index (χ0v) is 18.4. The lowest BCUT2D eigenvalue weighted by atomic mass is 10.1. The maximum absolute atomic E-state index is 13.5. The summed E-state index contributed by atoms with van der Waals surface area (Å²) in [6.45, 7) is 0. The Balaban J connectivity index is 1.94. The van der Waals surface area contributed by atoms with Crippen LogP contribution in [-0.4, -0.2) is 19.4 Å². The topological polar surface area (TPSA) is 77.2 Å². The highest BCUT2D eigenvalue weighted by atomic mass is 79.9. The Hall–Kier alpha value is -2.74. The van der Waals surface area contributed by atoms with E-state index in [0.29, 0.717) is 10.6 Å². The van der Waals surface area contributed by atoms with Gasteiger partial charge in [-0.05, 0) is 60.7 Å². The molecule has 1 heterocycles. The van der Waals surface area contributed by atoms with Gasteiger partial charge in [0.25, 0.3) is 0 Å². The molecule has 0 aliphatic rings. The van der Waals surface area contributed by atoms with Crippen LogP contribution in [0.5, 0.6) is 0 Å². The molecule has 0 N–H and O–H groups in total. The summed E-state index contributed by atoms with van der Waals surface area (Å²) >= 11 is 9.25. The number of rotatable bonds is 5. The van der Waals surface area contributed by atoms with Gasteiger partial charge >= 0.3 is 0 Å². The first-order valence-electron chi connectivity index (χ1n) is 8.74. The fourth-order valence-electron chi connectivity index (χ4n) is 2.92. The number of nitrogens with zero attached hydrogens (tertiary/aromatic N) is 1. The molecule has 0 amide bonds. The number of halogens is 2. The minimum absolute atomic E-state index is 0.00339. The number of benzene rings is 3. The van der Waals surface area contributed by atoms with Crippen molar-refractivity contribution in [3.63, 3.8) is 0 Å². The zero-order valence-electron chi connectivity index (χ0n) is 15.2. The molecule has 0 fully saturated rings. The van der Waals surface area contributed by atoms with Gasteiger partial charge in [-0.3, -0.25) is 4.79 Å². The first kappa shape index (κ1) is 20.5. The second kappa shape index (κ2) is 8.18. The first-order valence-corrected chi connectivity index (χ1v) is 11.4. The van der Waals surface area contributed by atoms with Gasteiger partial charge in [-0.25, -0.2) is 8.42 Å². The summed E-state index contributed by atoms with van der Waals surface area (Å²) in [6, 6.07) is 20.9. The molecule has 0 atom stereocenters. The van der Waals surface area contributed by atoms with Gasteiger partial charge in [-0.1, -0.05) is 50.9 Å². The summed E-state index contributed by atoms with van der Waals surface area (Å²) in [5, 5.41) is 4.31. The lowest BCUT2D eigenvalue weighted by Gasteiger charge is -2.07. The molecule has 8 heteroatoms. The fourth-order valence-corrected chi connectivity index (χ4v) is 4.84. The molecule has 0 bridgehead atoms. The van der Waals surface area contributed by atoms with Crippen LogP contribution in [0.15, 0.2) is 97.6 Å². The highest BCUT2D eigenvalue weighted by Gasteiger charge is 2.34. The quantitative estimate of drug-likeness (QED) is 0.321. The molecule has 4 aromatic rings. The van der Waals surface area contributed by atoms with E-state index in [2.05, 4.69) is 21.1 Å². The Kier molecular flexibility index (Phi) is 5.60. The van der Waals surface area contributed by atoms with E-state index in [1.165, 1.54) is 24.3 Å². The molecule has 0 saturated heterocycles. The molecule has 150 valence electrons. The van der Waals surface area contributed by atoms with Gasteiger partial charge in [0.1, 0.15) is 0 Å². The zero-order chi connectivity index (χ0) is 21.3. The van der Waals surface area contributed by atoms with Crippen LogP contribution in [0.25, 0.3) is 11.3 Å². The molecule has 3 aromatic carbocycles. The SMILES string of the molecule is O=C(c1ccc(Cl)cc1)c1noc(-c2ccc(Br)cc2)c1S(=O)(=O)c1ccccc1. The van der Waals surface area contributed by atoms with Crippen molar-refractivity contribution in [1.29, 1.82) is 0 Å². The number of aromatic nitrogens is 1. The van der Waals surface area contributed by atoms with E-state index >= 15 is 0 Å². The van der Waals surface area contributed by atoms with Gasteiger partial charge in [0.05, 0.1) is 4.90 Å². The number of carbonyl (C=O) groups excluding carboxylic acids is 1. The molecule has 0 unspecified atom stereocenters. The number of sulfone groups is 1. The monoisotopic (exact) mass is 501 g/mol. The number of hydrogen-bond acceptors (Lipinski definition) is 5. The first-order chi connectivity index (χ1) is 14.4. The van der Waals surface area contributed by atoms with E-state index in [4.69, 9.17) is 16.1 Å². The third kappa shape index (κ3) is 3.84. The largest absolute Gasteiger partial charge is 0.354 e. The van der Waals surface area contributed by atoms with E-state index in [0.717, 1.165) is 4.47 Å². The molecular weight excluding hydrogens is 490 g/mol. The molecule has 0 aliphatic carbocycles. The molecular formula is C22H13BrClNO4S. The van der Waals surface area contributed by atoms with Gasteiger partial charge in [0, 0.05) is 20.6 Å². The molecule has 0 saturated carbocycles. The second-order valence-electron chi connectivity index (χ2n) is 6.35. The van der Waals surface area contributed by atoms with Crippen LogP contribution in [0.4, 0.5) is 0 Å². The maximum Gasteiger partial charge on any atom is 0.216 e. The predicted molar refractivity (Wildman–Crippen MR) is 116 cm³/mol. The molecule has 0 radical (unpaired) electrons. The van der Waals surface area contributed by atoms with Crippen molar-refractivity contribution in [2.45, 2.75) is 9.79 Å². The van der Waals surface area contributed by atoms with E-state index in [1.54, 1.807) is 54.6 Å². The van der Waals surface area contributed by atoms with Crippen molar-refractivity contribution < 1.29 is 17.7 Å².